The molecule has 0 aromatic heterocycles. The molecule has 11 heteroatoms. The summed E-state index contributed by atoms with van der Waals surface area (Å²) in [5, 5.41) is 4.01. The van der Waals surface area contributed by atoms with Gasteiger partial charge in [0, 0.05) is 0 Å². The summed E-state index contributed by atoms with van der Waals surface area (Å²) in [5.41, 5.74) is -1.27. The monoisotopic (exact) mass is 488 g/mol. The van der Waals surface area contributed by atoms with Crippen molar-refractivity contribution in [3.05, 3.63) is 57.4 Å². The van der Waals surface area contributed by atoms with Crippen molar-refractivity contribution in [2.75, 3.05) is 12.1 Å². The number of hydrazone groups is 1. The van der Waals surface area contributed by atoms with Crippen LogP contribution in [0.3, 0.4) is 0 Å². The van der Waals surface area contributed by atoms with Crippen LogP contribution in [-0.2, 0) is 4.79 Å². The lowest BCUT2D eigenvalue weighted by Crippen LogP contribution is -2.25. The second-order valence-corrected chi connectivity index (χ2v) is 7.56. The van der Waals surface area contributed by atoms with Gasteiger partial charge in [0.05, 0.1) is 29.5 Å². The maximum atomic E-state index is 14.2. The molecule has 1 atom stereocenters. The van der Waals surface area contributed by atoms with Crippen molar-refractivity contribution in [1.29, 1.82) is 0 Å². The Balaban J connectivity index is 2.04. The number of anilines is 1. The van der Waals surface area contributed by atoms with Gasteiger partial charge in [-0.2, -0.15) is 10.1 Å². The Labute approximate surface area is 191 Å². The maximum absolute atomic E-state index is 14.2. The Hall–Kier alpha value is -3.14. The molecule has 0 bridgehead atoms. The molecule has 2 aromatic rings. The van der Waals surface area contributed by atoms with E-state index in [-0.39, 0.29) is 33.2 Å². The van der Waals surface area contributed by atoms with E-state index in [1.165, 1.54) is 32.2 Å². The fraction of sp³-hybridized carbons (Fsp3) is 0.273. The van der Waals surface area contributed by atoms with E-state index in [0.717, 1.165) is 0 Å². The van der Waals surface area contributed by atoms with Gasteiger partial charge in [-0.05, 0) is 44.0 Å². The lowest BCUT2D eigenvalue weighted by atomic mass is 10.1. The molecule has 2 aromatic carbocycles. The minimum atomic E-state index is -2.33. The van der Waals surface area contributed by atoms with Gasteiger partial charge >= 0.3 is 0 Å². The summed E-state index contributed by atoms with van der Waals surface area (Å²) in [6, 6.07) is 2.98. The third-order valence-corrected chi connectivity index (χ3v) is 5.20. The zero-order chi connectivity index (χ0) is 24.6. The summed E-state index contributed by atoms with van der Waals surface area (Å²) >= 11 is 6.31. The first-order valence-corrected chi connectivity index (χ1v) is 10.1. The third-order valence-electron chi connectivity index (χ3n) is 4.92. The molecule has 0 fully saturated rings. The average Bonchev–Trinajstić information content (AvgIpc) is 3.05. The van der Waals surface area contributed by atoms with E-state index in [0.29, 0.717) is 17.7 Å². The standard InChI is InChI=1S/C22H18ClF5N2O3/c1-5-9(2)33-21-13(23)7-11(8-14(21)32-4)6-12-10(3)29-30(22(12)31)20-18(27)16(25)15(24)17(26)19(20)28/h6-9H,5H2,1-4H3/b12-6+/t9-/m1/s1. The van der Waals surface area contributed by atoms with Crippen LogP contribution in [0.5, 0.6) is 11.5 Å². The molecule has 33 heavy (non-hydrogen) atoms. The normalized spacial score (nSPS) is 15.8. The molecule has 1 amide bonds. The van der Waals surface area contributed by atoms with Gasteiger partial charge in [0.1, 0.15) is 5.69 Å². The number of carbonyl (C=O) groups is 1. The van der Waals surface area contributed by atoms with Crippen molar-refractivity contribution in [1.82, 2.24) is 0 Å². The number of halogens is 6. The molecule has 0 N–H and O–H groups in total. The molecule has 1 heterocycles. The average molecular weight is 489 g/mol. The first kappa shape index (κ1) is 24.5. The van der Waals surface area contributed by atoms with E-state index in [1.807, 2.05) is 13.8 Å². The van der Waals surface area contributed by atoms with Crippen LogP contribution in [0.15, 0.2) is 22.8 Å². The summed E-state index contributed by atoms with van der Waals surface area (Å²) in [5.74, 6) is -11.6. The van der Waals surface area contributed by atoms with Crippen molar-refractivity contribution in [2.24, 2.45) is 5.10 Å². The summed E-state index contributed by atoms with van der Waals surface area (Å²) in [4.78, 5) is 12.8. The molecular formula is C22H18ClF5N2O3. The van der Waals surface area contributed by atoms with Crippen molar-refractivity contribution in [3.8, 4) is 11.5 Å². The van der Waals surface area contributed by atoms with E-state index in [9.17, 15) is 26.7 Å². The van der Waals surface area contributed by atoms with E-state index in [4.69, 9.17) is 21.1 Å². The SMILES string of the molecule is CC[C@@H](C)Oc1c(Cl)cc(/C=C2/C(=O)N(c3c(F)c(F)c(F)c(F)c3F)N=C2C)cc1OC. The molecular weight excluding hydrogens is 471 g/mol. The van der Waals surface area contributed by atoms with Crippen LogP contribution < -0.4 is 14.5 Å². The van der Waals surface area contributed by atoms with Crippen LogP contribution in [0.2, 0.25) is 5.02 Å². The Bertz CT molecular complexity index is 1170. The fourth-order valence-electron chi connectivity index (χ4n) is 3.00. The number of amides is 1. The Morgan fingerprint density at radius 2 is 1.67 bits per heavy atom. The molecule has 1 aliphatic heterocycles. The van der Waals surface area contributed by atoms with Gasteiger partial charge in [0.2, 0.25) is 5.82 Å². The largest absolute Gasteiger partial charge is 0.493 e. The molecule has 0 radical (unpaired) electrons. The third kappa shape index (κ3) is 4.39. The van der Waals surface area contributed by atoms with Gasteiger partial charge in [-0.25, -0.2) is 22.0 Å². The quantitative estimate of drug-likeness (QED) is 0.216. The first-order valence-electron chi connectivity index (χ1n) is 9.69. The van der Waals surface area contributed by atoms with Crippen LogP contribution in [0.25, 0.3) is 6.08 Å². The number of hydrogen-bond donors (Lipinski definition) is 0. The van der Waals surface area contributed by atoms with E-state index in [2.05, 4.69) is 5.10 Å². The summed E-state index contributed by atoms with van der Waals surface area (Å²) in [7, 11) is 1.39. The van der Waals surface area contributed by atoms with E-state index < -0.39 is 40.7 Å². The molecule has 0 aliphatic carbocycles. The van der Waals surface area contributed by atoms with Gasteiger partial charge in [-0.15, -0.1) is 0 Å². The van der Waals surface area contributed by atoms with Crippen LogP contribution >= 0.6 is 11.6 Å². The van der Waals surface area contributed by atoms with Gasteiger partial charge in [0.25, 0.3) is 5.91 Å². The van der Waals surface area contributed by atoms with Gasteiger partial charge < -0.3 is 9.47 Å². The highest BCUT2D eigenvalue weighted by molar-refractivity contribution is 6.33. The summed E-state index contributed by atoms with van der Waals surface area (Å²) in [6.07, 6.45) is 1.86. The van der Waals surface area contributed by atoms with Gasteiger partial charge in [0.15, 0.2) is 34.8 Å². The number of nitrogens with zero attached hydrogens (tertiary/aromatic N) is 2. The van der Waals surface area contributed by atoms with Crippen LogP contribution in [0.1, 0.15) is 32.8 Å². The lowest BCUT2D eigenvalue weighted by molar-refractivity contribution is -0.114. The number of benzene rings is 2. The highest BCUT2D eigenvalue weighted by Crippen LogP contribution is 2.39. The number of rotatable bonds is 6. The Morgan fingerprint density at radius 1 is 1.09 bits per heavy atom. The second-order valence-electron chi connectivity index (χ2n) is 7.15. The molecule has 176 valence electrons. The Kier molecular flexibility index (Phi) is 6.97. The minimum Gasteiger partial charge on any atom is -0.493 e. The summed E-state index contributed by atoms with van der Waals surface area (Å²) in [6.45, 7) is 5.11. The van der Waals surface area contributed by atoms with Crippen molar-refractivity contribution in [3.63, 3.8) is 0 Å². The number of hydrogen-bond acceptors (Lipinski definition) is 4. The van der Waals surface area contributed by atoms with Crippen molar-refractivity contribution >= 4 is 35.0 Å². The molecule has 0 unspecified atom stereocenters. The summed E-state index contributed by atoms with van der Waals surface area (Å²) < 4.78 is 80.0. The number of ether oxygens (including phenoxy) is 2. The Morgan fingerprint density at radius 3 is 2.21 bits per heavy atom. The highest BCUT2D eigenvalue weighted by atomic mass is 35.5. The van der Waals surface area contributed by atoms with Gasteiger partial charge in [-0.1, -0.05) is 18.5 Å². The van der Waals surface area contributed by atoms with Crippen molar-refractivity contribution < 1.29 is 36.2 Å². The lowest BCUT2D eigenvalue weighted by Gasteiger charge is -2.17. The van der Waals surface area contributed by atoms with Gasteiger partial charge in [-0.3, -0.25) is 4.79 Å². The molecule has 0 saturated heterocycles. The van der Waals surface area contributed by atoms with E-state index >= 15 is 0 Å². The molecule has 0 saturated carbocycles. The zero-order valence-corrected chi connectivity index (χ0v) is 18.7. The molecule has 1 aliphatic rings. The smallest absolute Gasteiger partial charge is 0.280 e. The van der Waals surface area contributed by atoms with Crippen LogP contribution in [-0.4, -0.2) is 24.8 Å². The van der Waals surface area contributed by atoms with Crippen LogP contribution in [0, 0.1) is 29.1 Å². The van der Waals surface area contributed by atoms with Crippen molar-refractivity contribution in [2.45, 2.75) is 33.3 Å². The number of carbonyl (C=O) groups excluding carboxylic acids is 1. The molecule has 3 rings (SSSR count). The highest BCUT2D eigenvalue weighted by Gasteiger charge is 2.37. The van der Waals surface area contributed by atoms with E-state index in [1.54, 1.807) is 0 Å². The fourth-order valence-corrected chi connectivity index (χ4v) is 3.27. The topological polar surface area (TPSA) is 51.1 Å². The van der Waals surface area contributed by atoms with Crippen LogP contribution in [0.4, 0.5) is 27.6 Å². The minimum absolute atomic E-state index is 0.0148. The first-order chi connectivity index (χ1) is 15.5. The number of methoxy groups -OCH3 is 1. The second kappa shape index (κ2) is 9.38. The predicted octanol–water partition coefficient (Wildman–Crippen LogP) is 6.03. The predicted molar refractivity (Wildman–Crippen MR) is 113 cm³/mol. The molecule has 5 nitrogen and oxygen atoms in total. The molecule has 0 spiro atoms. The maximum Gasteiger partial charge on any atom is 0.280 e. The zero-order valence-electron chi connectivity index (χ0n) is 17.9.